The molecule has 6 nitrogen and oxygen atoms in total. The van der Waals surface area contributed by atoms with Crippen molar-refractivity contribution in [1.82, 2.24) is 9.88 Å². The molecule has 3 rings (SSSR count). The second-order valence-electron chi connectivity index (χ2n) is 7.87. The number of hydrogen-bond donors (Lipinski definition) is 1. The number of nitrogens with one attached hydrogen (secondary N) is 1. The van der Waals surface area contributed by atoms with Gasteiger partial charge in [0.05, 0.1) is 29.9 Å². The number of amides is 1. The molecule has 168 valence electrons. The highest BCUT2D eigenvalue weighted by atomic mass is 16.5. The van der Waals surface area contributed by atoms with E-state index in [1.165, 1.54) is 0 Å². The monoisotopic (exact) mass is 433 g/mol. The van der Waals surface area contributed by atoms with Gasteiger partial charge in [-0.15, -0.1) is 0 Å². The number of ether oxygens (including phenoxy) is 1. The van der Waals surface area contributed by atoms with Crippen molar-refractivity contribution in [3.8, 4) is 0 Å². The van der Waals surface area contributed by atoms with Crippen LogP contribution in [0.1, 0.15) is 47.4 Å². The van der Waals surface area contributed by atoms with Gasteiger partial charge in [0, 0.05) is 17.6 Å². The highest BCUT2D eigenvalue weighted by Crippen LogP contribution is 2.25. The minimum absolute atomic E-state index is 0.0945. The summed E-state index contributed by atoms with van der Waals surface area (Å²) < 4.78 is 5.34. The number of anilines is 1. The van der Waals surface area contributed by atoms with E-state index in [1.54, 1.807) is 6.92 Å². The first kappa shape index (κ1) is 23.4. The number of carbonyl (C=O) groups excluding carboxylic acids is 2. The van der Waals surface area contributed by atoms with Crippen LogP contribution in [0.5, 0.6) is 0 Å². The molecule has 0 bridgehead atoms. The minimum Gasteiger partial charge on any atom is -0.462 e. The molecule has 0 unspecified atom stereocenters. The molecule has 2 aromatic carbocycles. The SMILES string of the molecule is CCCN(CC(=O)Nc1ccccc1C)Cc1nc2ccccc2c(C)c1C(=O)OCC. The summed E-state index contributed by atoms with van der Waals surface area (Å²) in [7, 11) is 0. The van der Waals surface area contributed by atoms with Gasteiger partial charge in [0.2, 0.25) is 5.91 Å². The largest absolute Gasteiger partial charge is 0.462 e. The van der Waals surface area contributed by atoms with E-state index in [9.17, 15) is 9.59 Å². The maximum atomic E-state index is 12.8. The van der Waals surface area contributed by atoms with Crippen LogP contribution in [0.4, 0.5) is 5.69 Å². The first-order valence-electron chi connectivity index (χ1n) is 11.1. The zero-order chi connectivity index (χ0) is 23.1. The predicted molar refractivity (Wildman–Crippen MR) is 128 cm³/mol. The summed E-state index contributed by atoms with van der Waals surface area (Å²) in [6.45, 7) is 9.34. The molecule has 0 saturated heterocycles. The Balaban J connectivity index is 1.89. The first-order chi connectivity index (χ1) is 15.4. The van der Waals surface area contributed by atoms with Crippen LogP contribution in [0, 0.1) is 13.8 Å². The van der Waals surface area contributed by atoms with Crippen molar-refractivity contribution < 1.29 is 14.3 Å². The normalized spacial score (nSPS) is 11.0. The fraction of sp³-hybridized carbons (Fsp3) is 0.346. The molecule has 0 atom stereocenters. The zero-order valence-corrected chi connectivity index (χ0v) is 19.3. The van der Waals surface area contributed by atoms with Gasteiger partial charge in [-0.05, 0) is 57.0 Å². The van der Waals surface area contributed by atoms with Crippen molar-refractivity contribution >= 4 is 28.5 Å². The smallest absolute Gasteiger partial charge is 0.340 e. The highest BCUT2D eigenvalue weighted by Gasteiger charge is 2.22. The number of nitrogens with zero attached hydrogens (tertiary/aromatic N) is 2. The topological polar surface area (TPSA) is 71.5 Å². The van der Waals surface area contributed by atoms with E-state index in [1.807, 2.05) is 67.3 Å². The average molecular weight is 434 g/mol. The van der Waals surface area contributed by atoms with Gasteiger partial charge >= 0.3 is 5.97 Å². The van der Waals surface area contributed by atoms with Crippen molar-refractivity contribution in [2.45, 2.75) is 40.7 Å². The Hall–Kier alpha value is -3.25. The fourth-order valence-corrected chi connectivity index (χ4v) is 3.88. The quantitative estimate of drug-likeness (QED) is 0.487. The lowest BCUT2D eigenvalue weighted by Gasteiger charge is -2.23. The summed E-state index contributed by atoms with van der Waals surface area (Å²) in [5.41, 5.74) is 4.63. The number of rotatable bonds is 9. The number of aromatic nitrogens is 1. The van der Waals surface area contributed by atoms with Crippen LogP contribution in [0.3, 0.4) is 0 Å². The van der Waals surface area contributed by atoms with Crippen LogP contribution < -0.4 is 5.32 Å². The zero-order valence-electron chi connectivity index (χ0n) is 19.3. The predicted octanol–water partition coefficient (Wildman–Crippen LogP) is 4.88. The Morgan fingerprint density at radius 2 is 1.75 bits per heavy atom. The molecule has 0 aliphatic carbocycles. The van der Waals surface area contributed by atoms with Crippen molar-refractivity contribution in [1.29, 1.82) is 0 Å². The van der Waals surface area contributed by atoms with Crippen LogP contribution in [0.15, 0.2) is 48.5 Å². The van der Waals surface area contributed by atoms with Crippen molar-refractivity contribution in [2.24, 2.45) is 0 Å². The molecule has 1 aromatic heterocycles. The summed E-state index contributed by atoms with van der Waals surface area (Å²) in [4.78, 5) is 32.4. The van der Waals surface area contributed by atoms with Gasteiger partial charge in [-0.2, -0.15) is 0 Å². The van der Waals surface area contributed by atoms with E-state index in [4.69, 9.17) is 9.72 Å². The molecule has 0 fully saturated rings. The summed E-state index contributed by atoms with van der Waals surface area (Å²) in [5.74, 6) is -0.470. The highest BCUT2D eigenvalue weighted by molar-refractivity contribution is 5.98. The number of para-hydroxylation sites is 2. The molecule has 1 amide bonds. The molecule has 0 radical (unpaired) electrons. The van der Waals surface area contributed by atoms with Crippen LogP contribution >= 0.6 is 0 Å². The van der Waals surface area contributed by atoms with Gasteiger partial charge in [0.25, 0.3) is 0 Å². The molecule has 0 aliphatic heterocycles. The molecule has 1 heterocycles. The summed E-state index contributed by atoms with van der Waals surface area (Å²) >= 11 is 0. The third kappa shape index (κ3) is 5.51. The number of esters is 1. The lowest BCUT2D eigenvalue weighted by molar-refractivity contribution is -0.117. The van der Waals surface area contributed by atoms with Crippen molar-refractivity contribution in [3.05, 3.63) is 70.9 Å². The third-order valence-electron chi connectivity index (χ3n) is 5.41. The van der Waals surface area contributed by atoms with Gasteiger partial charge in [-0.25, -0.2) is 4.79 Å². The summed E-state index contributed by atoms with van der Waals surface area (Å²) in [5, 5.41) is 3.92. The van der Waals surface area contributed by atoms with Gasteiger partial charge in [0.15, 0.2) is 0 Å². The fourth-order valence-electron chi connectivity index (χ4n) is 3.88. The number of carbonyl (C=O) groups is 2. The Morgan fingerprint density at radius 1 is 1.03 bits per heavy atom. The molecule has 32 heavy (non-hydrogen) atoms. The second kappa shape index (κ2) is 10.9. The Bertz CT molecular complexity index is 1110. The third-order valence-corrected chi connectivity index (χ3v) is 5.41. The van der Waals surface area contributed by atoms with Crippen LogP contribution in [-0.2, 0) is 16.1 Å². The van der Waals surface area contributed by atoms with Gasteiger partial charge in [-0.1, -0.05) is 43.3 Å². The molecule has 1 N–H and O–H groups in total. The average Bonchev–Trinajstić information content (AvgIpc) is 2.76. The Kier molecular flexibility index (Phi) is 7.95. The summed E-state index contributed by atoms with van der Waals surface area (Å²) in [6.07, 6.45) is 0.874. The Morgan fingerprint density at radius 3 is 2.47 bits per heavy atom. The number of pyridine rings is 1. The molecule has 3 aromatic rings. The molecule has 0 spiro atoms. The maximum Gasteiger partial charge on any atom is 0.340 e. The number of aryl methyl sites for hydroxylation is 2. The summed E-state index contributed by atoms with van der Waals surface area (Å²) in [6, 6.07) is 15.5. The number of hydrogen-bond acceptors (Lipinski definition) is 5. The van der Waals surface area contributed by atoms with E-state index in [0.29, 0.717) is 31.0 Å². The van der Waals surface area contributed by atoms with E-state index >= 15 is 0 Å². The van der Waals surface area contributed by atoms with E-state index in [0.717, 1.165) is 34.1 Å². The van der Waals surface area contributed by atoms with Gasteiger partial charge in [-0.3, -0.25) is 14.7 Å². The van der Waals surface area contributed by atoms with Crippen molar-refractivity contribution in [3.63, 3.8) is 0 Å². The van der Waals surface area contributed by atoms with E-state index in [-0.39, 0.29) is 18.4 Å². The maximum absolute atomic E-state index is 12.8. The van der Waals surface area contributed by atoms with Crippen LogP contribution in [-0.4, -0.2) is 41.5 Å². The first-order valence-corrected chi connectivity index (χ1v) is 11.1. The van der Waals surface area contributed by atoms with Gasteiger partial charge in [0.1, 0.15) is 0 Å². The van der Waals surface area contributed by atoms with Crippen LogP contribution in [0.2, 0.25) is 0 Å². The lowest BCUT2D eigenvalue weighted by atomic mass is 10.0. The molecule has 0 saturated carbocycles. The Labute approximate surface area is 189 Å². The van der Waals surface area contributed by atoms with E-state index < -0.39 is 0 Å². The van der Waals surface area contributed by atoms with E-state index in [2.05, 4.69) is 12.2 Å². The van der Waals surface area contributed by atoms with Crippen LogP contribution in [0.25, 0.3) is 10.9 Å². The van der Waals surface area contributed by atoms with Gasteiger partial charge < -0.3 is 10.1 Å². The number of benzene rings is 2. The molecule has 6 heteroatoms. The minimum atomic E-state index is -0.376. The number of fused-ring (bicyclic) bond motifs is 1. The second-order valence-corrected chi connectivity index (χ2v) is 7.87. The lowest BCUT2D eigenvalue weighted by Crippen LogP contribution is -2.34. The molecule has 0 aliphatic rings. The molecular weight excluding hydrogens is 402 g/mol. The standard InChI is InChI=1S/C26H31N3O3/c1-5-15-29(17-24(30)28-21-13-9-7-11-18(21)3)16-23-25(26(31)32-6-2)19(4)20-12-8-10-14-22(20)27-23/h7-14H,5-6,15-17H2,1-4H3,(H,28,30). The molecular formula is C26H31N3O3. The van der Waals surface area contributed by atoms with Crippen molar-refractivity contribution in [2.75, 3.05) is 25.0 Å².